The number of amides is 1. The monoisotopic (exact) mass is 301 g/mol. The van der Waals surface area contributed by atoms with E-state index in [0.29, 0.717) is 19.3 Å². The van der Waals surface area contributed by atoms with Gasteiger partial charge in [-0.05, 0) is 52.9 Å². The summed E-state index contributed by atoms with van der Waals surface area (Å²) in [5.41, 5.74) is -0.519. The highest BCUT2D eigenvalue weighted by molar-refractivity contribution is 5.71. The molecule has 0 aromatic heterocycles. The topological polar surface area (TPSA) is 84.9 Å². The van der Waals surface area contributed by atoms with Crippen molar-refractivity contribution in [1.82, 2.24) is 5.32 Å². The van der Waals surface area contributed by atoms with Crippen molar-refractivity contribution in [3.05, 3.63) is 0 Å². The van der Waals surface area contributed by atoms with Gasteiger partial charge in [-0.3, -0.25) is 4.79 Å². The van der Waals surface area contributed by atoms with Gasteiger partial charge in [0.15, 0.2) is 0 Å². The third-order valence-corrected chi connectivity index (χ3v) is 3.33. The average Bonchev–Trinajstić information content (AvgIpc) is 2.99. The summed E-state index contributed by atoms with van der Waals surface area (Å²) in [5.74, 6) is -1.12. The van der Waals surface area contributed by atoms with Crippen molar-refractivity contribution in [2.75, 3.05) is 13.2 Å². The van der Waals surface area contributed by atoms with Gasteiger partial charge in [0.2, 0.25) is 0 Å². The fraction of sp³-hybridized carbons (Fsp3) is 0.867. The number of rotatable bonds is 2. The van der Waals surface area contributed by atoms with Crippen molar-refractivity contribution in [1.29, 1.82) is 0 Å². The minimum Gasteiger partial charge on any atom is -0.481 e. The SMILES string of the molecule is C1CCOC1.CC(C)(C)OC(=O)NC1CCC(C(=O)O)C1. The Hall–Kier alpha value is -1.30. The zero-order chi connectivity index (χ0) is 15.9. The number of carboxylic acids is 1. The van der Waals surface area contributed by atoms with E-state index in [4.69, 9.17) is 14.6 Å². The van der Waals surface area contributed by atoms with Crippen LogP contribution in [0.4, 0.5) is 4.79 Å². The summed E-state index contributed by atoms with van der Waals surface area (Å²) in [6.45, 7) is 7.38. The van der Waals surface area contributed by atoms with E-state index >= 15 is 0 Å². The van der Waals surface area contributed by atoms with Crippen LogP contribution in [0, 0.1) is 5.92 Å². The number of alkyl carbamates (subject to hydrolysis) is 1. The second kappa shape index (κ2) is 8.22. The minimum absolute atomic E-state index is 0.0732. The molecule has 1 amide bonds. The zero-order valence-electron chi connectivity index (χ0n) is 13.2. The molecule has 0 bridgehead atoms. The molecule has 1 saturated heterocycles. The molecule has 6 nitrogen and oxygen atoms in total. The maximum absolute atomic E-state index is 11.4. The quantitative estimate of drug-likeness (QED) is 0.818. The molecule has 21 heavy (non-hydrogen) atoms. The molecule has 1 aliphatic carbocycles. The Labute approximate surface area is 126 Å². The van der Waals surface area contributed by atoms with E-state index in [1.807, 2.05) is 0 Å². The lowest BCUT2D eigenvalue weighted by molar-refractivity contribution is -0.141. The molecule has 1 saturated carbocycles. The first-order valence-electron chi connectivity index (χ1n) is 7.58. The molecule has 2 fully saturated rings. The Kier molecular flexibility index (Phi) is 6.95. The molecule has 6 heteroatoms. The summed E-state index contributed by atoms with van der Waals surface area (Å²) < 4.78 is 10.0. The number of carbonyl (C=O) groups excluding carboxylic acids is 1. The second-order valence-electron chi connectivity index (χ2n) is 6.51. The van der Waals surface area contributed by atoms with Gasteiger partial charge < -0.3 is 19.9 Å². The first kappa shape index (κ1) is 17.8. The van der Waals surface area contributed by atoms with Gasteiger partial charge in [0.05, 0.1) is 5.92 Å². The fourth-order valence-corrected chi connectivity index (χ4v) is 2.32. The molecular weight excluding hydrogens is 274 g/mol. The van der Waals surface area contributed by atoms with Crippen LogP contribution in [0.15, 0.2) is 0 Å². The first-order chi connectivity index (χ1) is 9.78. The van der Waals surface area contributed by atoms with Crippen molar-refractivity contribution in [2.45, 2.75) is 64.5 Å². The standard InChI is InChI=1S/C11H19NO4.C4H8O/c1-11(2,3)16-10(15)12-8-5-4-7(6-8)9(13)14;1-2-4-5-3-1/h7-8H,4-6H2,1-3H3,(H,12,15)(H,13,14);1-4H2. The van der Waals surface area contributed by atoms with E-state index in [1.165, 1.54) is 12.8 Å². The Bertz CT molecular complexity index is 339. The van der Waals surface area contributed by atoms with Crippen LogP contribution >= 0.6 is 0 Å². The number of nitrogens with one attached hydrogen (secondary N) is 1. The maximum atomic E-state index is 11.4. The second-order valence-corrected chi connectivity index (χ2v) is 6.51. The lowest BCUT2D eigenvalue weighted by atomic mass is 10.1. The molecule has 122 valence electrons. The van der Waals surface area contributed by atoms with E-state index in [9.17, 15) is 9.59 Å². The molecule has 0 spiro atoms. The average molecular weight is 301 g/mol. The van der Waals surface area contributed by atoms with Crippen LogP contribution in [0.5, 0.6) is 0 Å². The molecule has 2 N–H and O–H groups in total. The first-order valence-corrected chi connectivity index (χ1v) is 7.58. The van der Waals surface area contributed by atoms with Crippen LogP contribution in [-0.2, 0) is 14.3 Å². The van der Waals surface area contributed by atoms with Gasteiger partial charge in [-0.2, -0.15) is 0 Å². The smallest absolute Gasteiger partial charge is 0.407 e. The fourth-order valence-electron chi connectivity index (χ4n) is 2.32. The number of ether oxygens (including phenoxy) is 2. The predicted octanol–water partition coefficient (Wildman–Crippen LogP) is 2.56. The third kappa shape index (κ3) is 7.90. The van der Waals surface area contributed by atoms with Gasteiger partial charge in [0, 0.05) is 19.3 Å². The van der Waals surface area contributed by atoms with E-state index in [2.05, 4.69) is 5.32 Å². The summed E-state index contributed by atoms with van der Waals surface area (Å²) >= 11 is 0. The molecule has 0 radical (unpaired) electrons. The lowest BCUT2D eigenvalue weighted by Gasteiger charge is -2.21. The van der Waals surface area contributed by atoms with Gasteiger partial charge in [-0.1, -0.05) is 0 Å². The molecule has 2 rings (SSSR count). The van der Waals surface area contributed by atoms with Gasteiger partial charge >= 0.3 is 12.1 Å². The normalized spacial score (nSPS) is 24.9. The van der Waals surface area contributed by atoms with E-state index < -0.39 is 17.7 Å². The third-order valence-electron chi connectivity index (χ3n) is 3.33. The van der Waals surface area contributed by atoms with E-state index in [0.717, 1.165) is 13.2 Å². The summed E-state index contributed by atoms with van der Waals surface area (Å²) in [4.78, 5) is 22.1. The molecule has 0 aromatic rings. The highest BCUT2D eigenvalue weighted by Gasteiger charge is 2.31. The summed E-state index contributed by atoms with van der Waals surface area (Å²) in [7, 11) is 0. The molecule has 1 heterocycles. The number of carbonyl (C=O) groups is 2. The highest BCUT2D eigenvalue weighted by Crippen LogP contribution is 2.25. The number of hydrogen-bond acceptors (Lipinski definition) is 4. The molecule has 1 aliphatic heterocycles. The summed E-state index contributed by atoms with van der Waals surface area (Å²) in [6.07, 6.45) is 3.91. The Morgan fingerprint density at radius 1 is 1.19 bits per heavy atom. The van der Waals surface area contributed by atoms with Crippen LogP contribution < -0.4 is 5.32 Å². The van der Waals surface area contributed by atoms with E-state index in [1.54, 1.807) is 20.8 Å². The van der Waals surface area contributed by atoms with E-state index in [-0.39, 0.29) is 12.0 Å². The lowest BCUT2D eigenvalue weighted by Crippen LogP contribution is -2.38. The largest absolute Gasteiger partial charge is 0.481 e. The number of hydrogen-bond donors (Lipinski definition) is 2. The van der Waals surface area contributed by atoms with Gasteiger partial charge in [0.1, 0.15) is 5.60 Å². The molecular formula is C15H27NO5. The summed E-state index contributed by atoms with van der Waals surface area (Å²) in [6, 6.07) is -0.0732. The highest BCUT2D eigenvalue weighted by atomic mass is 16.6. The number of carboxylic acid groups (broad SMARTS) is 1. The van der Waals surface area contributed by atoms with Crippen LogP contribution in [0.2, 0.25) is 0 Å². The molecule has 2 unspecified atom stereocenters. The Balaban J connectivity index is 0.000000369. The van der Waals surface area contributed by atoms with Crippen molar-refractivity contribution in [3.63, 3.8) is 0 Å². The van der Waals surface area contributed by atoms with Crippen molar-refractivity contribution < 1.29 is 24.2 Å². The molecule has 2 atom stereocenters. The van der Waals surface area contributed by atoms with Gasteiger partial charge in [-0.25, -0.2) is 4.79 Å². The van der Waals surface area contributed by atoms with Crippen LogP contribution in [-0.4, -0.2) is 42.0 Å². The van der Waals surface area contributed by atoms with Crippen LogP contribution in [0.25, 0.3) is 0 Å². The minimum atomic E-state index is -0.784. The number of aliphatic carboxylic acids is 1. The van der Waals surface area contributed by atoms with Crippen LogP contribution in [0.1, 0.15) is 52.9 Å². The zero-order valence-corrected chi connectivity index (χ0v) is 13.2. The summed E-state index contributed by atoms with van der Waals surface area (Å²) in [5, 5.41) is 11.5. The van der Waals surface area contributed by atoms with Crippen molar-refractivity contribution in [2.24, 2.45) is 5.92 Å². The van der Waals surface area contributed by atoms with Gasteiger partial charge in [-0.15, -0.1) is 0 Å². The maximum Gasteiger partial charge on any atom is 0.407 e. The van der Waals surface area contributed by atoms with Crippen LogP contribution in [0.3, 0.4) is 0 Å². The Morgan fingerprint density at radius 3 is 2.19 bits per heavy atom. The van der Waals surface area contributed by atoms with Gasteiger partial charge in [0.25, 0.3) is 0 Å². The van der Waals surface area contributed by atoms with Crippen molar-refractivity contribution >= 4 is 12.1 Å². The Morgan fingerprint density at radius 2 is 1.81 bits per heavy atom. The van der Waals surface area contributed by atoms with Crippen molar-refractivity contribution in [3.8, 4) is 0 Å². The molecule has 0 aromatic carbocycles. The molecule has 2 aliphatic rings. The predicted molar refractivity (Wildman–Crippen MR) is 78.2 cm³/mol.